The molecule has 4 fully saturated rings. The molecule has 0 aromatic rings. The zero-order chi connectivity index (χ0) is 33.8. The Morgan fingerprint density at radius 3 is 1.71 bits per heavy atom. The third kappa shape index (κ3) is 16.3. The first kappa shape index (κ1) is 40.4. The highest BCUT2D eigenvalue weighted by Crippen LogP contribution is 2.30. The van der Waals surface area contributed by atoms with Crippen LogP contribution in [0, 0.1) is 5.92 Å². The Kier molecular flexibility index (Phi) is 20.1. The van der Waals surface area contributed by atoms with Gasteiger partial charge in [0, 0.05) is 51.9 Å². The lowest BCUT2D eigenvalue weighted by Gasteiger charge is -2.31. The van der Waals surface area contributed by atoms with E-state index in [-0.39, 0.29) is 12.2 Å². The van der Waals surface area contributed by atoms with E-state index < -0.39 is 0 Å². The molecule has 10 nitrogen and oxygen atoms in total. The first-order valence-electron chi connectivity index (χ1n) is 20.6. The SMILES string of the molecule is CC(O)CN(CCCN(CCN1CCC(C2CCCN2CCCNCCCNCCCN2CCCC2)C1)CC(C)O)CCN1CCCC1. The fourth-order valence-corrected chi connectivity index (χ4v) is 8.90. The maximum atomic E-state index is 10.2. The molecule has 4 heterocycles. The molecule has 0 spiro atoms. The minimum Gasteiger partial charge on any atom is -0.392 e. The van der Waals surface area contributed by atoms with Crippen LogP contribution in [0.1, 0.15) is 84.5 Å². The summed E-state index contributed by atoms with van der Waals surface area (Å²) in [4.78, 5) is 15.6. The van der Waals surface area contributed by atoms with Crippen LogP contribution in [-0.2, 0) is 0 Å². The molecule has 4 N–H and O–H groups in total. The number of hydrogen-bond acceptors (Lipinski definition) is 10. The second-order valence-corrected chi connectivity index (χ2v) is 15.9. The van der Waals surface area contributed by atoms with Crippen molar-refractivity contribution in [3.63, 3.8) is 0 Å². The molecule has 0 amide bonds. The summed E-state index contributed by atoms with van der Waals surface area (Å²) in [5.74, 6) is 0.812. The Labute approximate surface area is 295 Å². The molecule has 0 aromatic carbocycles. The molecule has 4 unspecified atom stereocenters. The van der Waals surface area contributed by atoms with Crippen LogP contribution in [-0.4, -0.2) is 195 Å². The van der Waals surface area contributed by atoms with E-state index in [1.807, 2.05) is 13.8 Å². The Bertz CT molecular complexity index is 795. The van der Waals surface area contributed by atoms with Crippen molar-refractivity contribution in [3.8, 4) is 0 Å². The number of rotatable bonds is 27. The summed E-state index contributed by atoms with van der Waals surface area (Å²) in [5, 5.41) is 27.7. The molecule has 4 atom stereocenters. The lowest BCUT2D eigenvalue weighted by Crippen LogP contribution is -2.42. The van der Waals surface area contributed by atoms with Gasteiger partial charge in [-0.3, -0.25) is 9.80 Å². The zero-order valence-electron chi connectivity index (χ0n) is 31.5. The number of likely N-dealkylation sites (tertiary alicyclic amines) is 4. The highest BCUT2D eigenvalue weighted by atomic mass is 16.3. The van der Waals surface area contributed by atoms with Crippen LogP contribution in [0.5, 0.6) is 0 Å². The van der Waals surface area contributed by atoms with Gasteiger partial charge in [0.05, 0.1) is 12.2 Å². The van der Waals surface area contributed by atoms with Crippen molar-refractivity contribution in [2.24, 2.45) is 5.92 Å². The molecule has 0 bridgehead atoms. The van der Waals surface area contributed by atoms with Gasteiger partial charge in [0.2, 0.25) is 0 Å². The summed E-state index contributed by atoms with van der Waals surface area (Å²) in [6.07, 6.45) is 13.8. The maximum Gasteiger partial charge on any atom is 0.0639 e. The highest BCUT2D eigenvalue weighted by molar-refractivity contribution is 4.90. The molecular weight excluding hydrogens is 600 g/mol. The Morgan fingerprint density at radius 2 is 1.10 bits per heavy atom. The zero-order valence-corrected chi connectivity index (χ0v) is 31.5. The normalized spacial score (nSPS) is 24.6. The van der Waals surface area contributed by atoms with E-state index in [0.29, 0.717) is 0 Å². The molecule has 282 valence electrons. The minimum atomic E-state index is -0.298. The van der Waals surface area contributed by atoms with E-state index in [1.165, 1.54) is 123 Å². The van der Waals surface area contributed by atoms with E-state index in [0.717, 1.165) is 96.9 Å². The lowest BCUT2D eigenvalue weighted by atomic mass is 9.96. The van der Waals surface area contributed by atoms with Crippen molar-refractivity contribution in [3.05, 3.63) is 0 Å². The number of hydrogen-bond donors (Lipinski definition) is 4. The van der Waals surface area contributed by atoms with Crippen LogP contribution >= 0.6 is 0 Å². The van der Waals surface area contributed by atoms with Crippen molar-refractivity contribution in [2.45, 2.75) is 103 Å². The Morgan fingerprint density at radius 1 is 0.562 bits per heavy atom. The monoisotopic (exact) mass is 679 g/mol. The van der Waals surface area contributed by atoms with Gasteiger partial charge in [0.15, 0.2) is 0 Å². The van der Waals surface area contributed by atoms with E-state index >= 15 is 0 Å². The van der Waals surface area contributed by atoms with Gasteiger partial charge in [-0.15, -0.1) is 0 Å². The Hall–Kier alpha value is -0.400. The van der Waals surface area contributed by atoms with Crippen molar-refractivity contribution in [2.75, 3.05) is 137 Å². The molecule has 0 aliphatic carbocycles. The number of nitrogens with zero attached hydrogens (tertiary/aromatic N) is 6. The molecule has 10 heteroatoms. The third-order valence-electron chi connectivity index (χ3n) is 11.5. The number of aliphatic hydroxyl groups is 2. The van der Waals surface area contributed by atoms with Crippen molar-refractivity contribution in [1.29, 1.82) is 0 Å². The van der Waals surface area contributed by atoms with Gasteiger partial charge < -0.3 is 40.4 Å². The van der Waals surface area contributed by atoms with Crippen LogP contribution in [0.3, 0.4) is 0 Å². The van der Waals surface area contributed by atoms with Gasteiger partial charge in [0.1, 0.15) is 0 Å². The fourth-order valence-electron chi connectivity index (χ4n) is 8.90. The highest BCUT2D eigenvalue weighted by Gasteiger charge is 2.35. The van der Waals surface area contributed by atoms with Crippen LogP contribution in [0.15, 0.2) is 0 Å². The predicted octanol–water partition coefficient (Wildman–Crippen LogP) is 2.07. The summed E-state index contributed by atoms with van der Waals surface area (Å²) in [7, 11) is 0. The van der Waals surface area contributed by atoms with Crippen LogP contribution < -0.4 is 10.6 Å². The molecule has 4 saturated heterocycles. The van der Waals surface area contributed by atoms with Gasteiger partial charge >= 0.3 is 0 Å². The predicted molar refractivity (Wildman–Crippen MR) is 201 cm³/mol. The average molecular weight is 679 g/mol. The van der Waals surface area contributed by atoms with Crippen molar-refractivity contribution < 1.29 is 10.2 Å². The number of aliphatic hydroxyl groups excluding tert-OH is 2. The largest absolute Gasteiger partial charge is 0.392 e. The summed E-state index contributed by atoms with van der Waals surface area (Å²) in [5.41, 5.74) is 0. The first-order chi connectivity index (χ1) is 23.5. The van der Waals surface area contributed by atoms with Gasteiger partial charge in [-0.2, -0.15) is 0 Å². The van der Waals surface area contributed by atoms with Crippen molar-refractivity contribution >= 4 is 0 Å². The summed E-state index contributed by atoms with van der Waals surface area (Å²) < 4.78 is 0. The van der Waals surface area contributed by atoms with Gasteiger partial charge in [0.25, 0.3) is 0 Å². The fraction of sp³-hybridized carbons (Fsp3) is 1.00. The molecule has 48 heavy (non-hydrogen) atoms. The molecule has 0 radical (unpaired) electrons. The smallest absolute Gasteiger partial charge is 0.0639 e. The topological polar surface area (TPSA) is 84.0 Å². The summed E-state index contributed by atoms with van der Waals surface area (Å²) in [6, 6.07) is 0.772. The molecular formula is C38H78N8O2. The molecule has 4 aliphatic heterocycles. The van der Waals surface area contributed by atoms with E-state index in [2.05, 4.69) is 40.0 Å². The lowest BCUT2D eigenvalue weighted by molar-refractivity contribution is 0.101. The first-order valence-corrected chi connectivity index (χ1v) is 20.6. The summed E-state index contributed by atoms with van der Waals surface area (Å²) >= 11 is 0. The quantitative estimate of drug-likeness (QED) is 0.0971. The van der Waals surface area contributed by atoms with E-state index in [1.54, 1.807) is 0 Å². The molecule has 0 aromatic heterocycles. The second kappa shape index (κ2) is 24.0. The van der Waals surface area contributed by atoms with Gasteiger partial charge in [-0.1, -0.05) is 0 Å². The minimum absolute atomic E-state index is 0.288. The van der Waals surface area contributed by atoms with E-state index in [9.17, 15) is 10.2 Å². The van der Waals surface area contributed by atoms with Gasteiger partial charge in [-0.05, 0) is 182 Å². The van der Waals surface area contributed by atoms with Crippen LogP contribution in [0.4, 0.5) is 0 Å². The second-order valence-electron chi connectivity index (χ2n) is 15.9. The van der Waals surface area contributed by atoms with Crippen molar-refractivity contribution in [1.82, 2.24) is 40.0 Å². The average Bonchev–Trinajstić information content (AvgIpc) is 3.89. The molecule has 4 aliphatic rings. The van der Waals surface area contributed by atoms with Crippen LogP contribution in [0.25, 0.3) is 0 Å². The Balaban J connectivity index is 1.05. The van der Waals surface area contributed by atoms with E-state index in [4.69, 9.17) is 0 Å². The van der Waals surface area contributed by atoms with Gasteiger partial charge in [-0.25, -0.2) is 0 Å². The standard InChI is InChI=1S/C38H78N8O2/c1-35(47)32-43(29-28-42-20-5-6-21-42)23-11-24-44(33-36(2)48)30-31-45-27-13-37(34-45)38-12-7-25-46(38)26-10-17-40-15-8-14-39-16-9-22-41-18-3-4-19-41/h35-40,47-48H,3-34H2,1-2H3. The molecule has 0 saturated carbocycles. The number of nitrogens with one attached hydrogen (secondary N) is 2. The summed E-state index contributed by atoms with van der Waals surface area (Å²) in [6.45, 7) is 27.6. The maximum absolute atomic E-state index is 10.2. The third-order valence-corrected chi connectivity index (χ3v) is 11.5. The van der Waals surface area contributed by atoms with Crippen LogP contribution in [0.2, 0.25) is 0 Å². The molecule has 4 rings (SSSR count).